The van der Waals surface area contributed by atoms with Crippen LogP contribution in [0, 0.1) is 6.54 Å². The van der Waals surface area contributed by atoms with Crippen molar-refractivity contribution in [1.29, 1.82) is 0 Å². The third-order valence-corrected chi connectivity index (χ3v) is 1.71. The molecule has 0 unspecified atom stereocenters. The van der Waals surface area contributed by atoms with Gasteiger partial charge in [0, 0.05) is 21.1 Å². The van der Waals surface area contributed by atoms with Gasteiger partial charge in [-0.25, -0.2) is 0 Å². The van der Waals surface area contributed by atoms with Crippen LogP contribution < -0.4 is 0 Å². The first kappa shape index (κ1) is 7.87. The van der Waals surface area contributed by atoms with E-state index in [2.05, 4.69) is 16.1 Å². The van der Waals surface area contributed by atoms with Crippen molar-refractivity contribution in [2.75, 3.05) is 0 Å². The van der Waals surface area contributed by atoms with Crippen molar-refractivity contribution in [2.45, 2.75) is 19.3 Å². The number of nitrogens with zero attached hydrogens (tertiary/aromatic N) is 2. The third kappa shape index (κ3) is 1.27. The smallest absolute Gasteiger partial charge is 0 e. The van der Waals surface area contributed by atoms with Gasteiger partial charge in [-0.1, -0.05) is 25.0 Å². The SMILES string of the molecule is [W].c1ncn2c1CCC[CH-]2. The van der Waals surface area contributed by atoms with Crippen molar-refractivity contribution in [3.05, 3.63) is 24.8 Å². The number of imidazole rings is 1. The summed E-state index contributed by atoms with van der Waals surface area (Å²) in [4.78, 5) is 4.04. The van der Waals surface area contributed by atoms with Crippen LogP contribution in [0.15, 0.2) is 12.5 Å². The van der Waals surface area contributed by atoms with Gasteiger partial charge < -0.3 is 9.55 Å². The second kappa shape index (κ2) is 3.25. The van der Waals surface area contributed by atoms with Crippen molar-refractivity contribution in [2.24, 2.45) is 0 Å². The molecule has 0 saturated heterocycles. The Morgan fingerprint density at radius 1 is 1.60 bits per heavy atom. The number of hydrogen-bond acceptors (Lipinski definition) is 1. The standard InChI is InChI=1S/C7H9N2.W/c1-2-4-9-6-8-5-7(9)3-1;/h4-6H,1-3H2;/q-1;. The average Bonchev–Trinajstić information content (AvgIpc) is 2.33. The Hall–Kier alpha value is -0.232. The zero-order valence-corrected chi connectivity index (χ0v) is 8.59. The second-order valence-electron chi connectivity index (χ2n) is 2.37. The molecule has 1 aliphatic heterocycles. The number of aryl methyl sites for hydroxylation is 1. The van der Waals surface area contributed by atoms with E-state index >= 15 is 0 Å². The van der Waals surface area contributed by atoms with Gasteiger partial charge in [-0.15, -0.1) is 6.54 Å². The van der Waals surface area contributed by atoms with Gasteiger partial charge in [0.1, 0.15) is 0 Å². The summed E-state index contributed by atoms with van der Waals surface area (Å²) < 4.78 is 2.11. The number of rotatable bonds is 0. The summed E-state index contributed by atoms with van der Waals surface area (Å²) >= 11 is 0. The molecule has 0 aromatic carbocycles. The molecule has 1 aromatic heterocycles. The summed E-state index contributed by atoms with van der Waals surface area (Å²) in [6, 6.07) is 0. The molecule has 3 heteroatoms. The predicted octanol–water partition coefficient (Wildman–Crippen LogP) is 1.23. The van der Waals surface area contributed by atoms with Gasteiger partial charge in [-0.2, -0.15) is 0 Å². The molecule has 2 rings (SSSR count). The maximum atomic E-state index is 4.04. The van der Waals surface area contributed by atoms with Crippen molar-refractivity contribution < 1.29 is 21.1 Å². The van der Waals surface area contributed by atoms with E-state index in [9.17, 15) is 0 Å². The van der Waals surface area contributed by atoms with Crippen LogP contribution >= 0.6 is 0 Å². The van der Waals surface area contributed by atoms with Crippen LogP contribution in [0.2, 0.25) is 0 Å². The van der Waals surface area contributed by atoms with Gasteiger partial charge >= 0.3 is 0 Å². The molecule has 10 heavy (non-hydrogen) atoms. The van der Waals surface area contributed by atoms with Crippen molar-refractivity contribution in [1.82, 2.24) is 9.55 Å². The fraction of sp³-hybridized carbons (Fsp3) is 0.429. The minimum absolute atomic E-state index is 0. The van der Waals surface area contributed by atoms with Crippen LogP contribution in [-0.2, 0) is 27.5 Å². The van der Waals surface area contributed by atoms with Crippen molar-refractivity contribution >= 4 is 0 Å². The van der Waals surface area contributed by atoms with Crippen LogP contribution in [0.5, 0.6) is 0 Å². The Bertz CT molecular complexity index is 187. The first-order valence-electron chi connectivity index (χ1n) is 3.31. The number of fused-ring (bicyclic) bond motifs is 1. The number of hydrogen-bond donors (Lipinski definition) is 0. The molecular formula is C7H9N2W-. The normalized spacial score (nSPS) is 14.8. The maximum absolute atomic E-state index is 4.04. The van der Waals surface area contributed by atoms with Gasteiger partial charge in [0.2, 0.25) is 0 Å². The van der Waals surface area contributed by atoms with E-state index in [-0.39, 0.29) is 21.1 Å². The minimum atomic E-state index is 0. The Morgan fingerprint density at radius 3 is 3.30 bits per heavy atom. The summed E-state index contributed by atoms with van der Waals surface area (Å²) in [6.45, 7) is 2.19. The molecule has 0 spiro atoms. The molecule has 1 aromatic rings. The van der Waals surface area contributed by atoms with Gasteiger partial charge in [0.25, 0.3) is 0 Å². The molecule has 0 atom stereocenters. The van der Waals surface area contributed by atoms with Crippen molar-refractivity contribution in [3.8, 4) is 0 Å². The molecule has 0 amide bonds. The van der Waals surface area contributed by atoms with Crippen LogP contribution in [0.4, 0.5) is 0 Å². The van der Waals surface area contributed by atoms with E-state index in [4.69, 9.17) is 0 Å². The zero-order chi connectivity index (χ0) is 6.10. The molecule has 0 saturated carbocycles. The van der Waals surface area contributed by atoms with E-state index in [1.807, 2.05) is 12.5 Å². The third-order valence-electron chi connectivity index (χ3n) is 1.71. The Labute approximate surface area is 74.9 Å². The van der Waals surface area contributed by atoms with Crippen LogP contribution in [-0.4, -0.2) is 9.55 Å². The average molecular weight is 305 g/mol. The van der Waals surface area contributed by atoms with E-state index in [1.54, 1.807) is 0 Å². The first-order valence-corrected chi connectivity index (χ1v) is 3.31. The monoisotopic (exact) mass is 305 g/mol. The van der Waals surface area contributed by atoms with E-state index < -0.39 is 0 Å². The van der Waals surface area contributed by atoms with Gasteiger partial charge in [0.15, 0.2) is 0 Å². The molecule has 0 radical (unpaired) electrons. The van der Waals surface area contributed by atoms with Gasteiger partial charge in [-0.05, 0) is 12.5 Å². The number of aromatic nitrogens is 2. The van der Waals surface area contributed by atoms with Crippen LogP contribution in [0.3, 0.4) is 0 Å². The second-order valence-corrected chi connectivity index (χ2v) is 2.37. The van der Waals surface area contributed by atoms with E-state index in [1.165, 1.54) is 25.0 Å². The van der Waals surface area contributed by atoms with Crippen LogP contribution in [0.1, 0.15) is 18.5 Å². The molecule has 54 valence electrons. The van der Waals surface area contributed by atoms with Gasteiger partial charge in [0.05, 0.1) is 0 Å². The summed E-state index contributed by atoms with van der Waals surface area (Å²) in [5.41, 5.74) is 1.35. The molecule has 0 aliphatic carbocycles. The molecule has 2 nitrogen and oxygen atoms in total. The maximum Gasteiger partial charge on any atom is 0 e. The minimum Gasteiger partial charge on any atom is -0.472 e. The predicted molar refractivity (Wildman–Crippen MR) is 34.9 cm³/mol. The molecule has 1 aliphatic rings. The Kier molecular flexibility index (Phi) is 2.55. The summed E-state index contributed by atoms with van der Waals surface area (Å²) in [6.07, 6.45) is 7.48. The zero-order valence-electron chi connectivity index (χ0n) is 5.66. The first-order chi connectivity index (χ1) is 4.47. The van der Waals surface area contributed by atoms with Crippen molar-refractivity contribution in [3.63, 3.8) is 0 Å². The molecular weight excluding hydrogens is 296 g/mol. The fourth-order valence-electron chi connectivity index (χ4n) is 1.20. The van der Waals surface area contributed by atoms with Crippen LogP contribution in [0.25, 0.3) is 0 Å². The van der Waals surface area contributed by atoms with E-state index in [0.29, 0.717) is 0 Å². The largest absolute Gasteiger partial charge is 0.472 e. The Morgan fingerprint density at radius 2 is 2.50 bits per heavy atom. The quantitative estimate of drug-likeness (QED) is 0.659. The topological polar surface area (TPSA) is 17.8 Å². The van der Waals surface area contributed by atoms with Gasteiger partial charge in [-0.3, -0.25) is 0 Å². The molecule has 0 N–H and O–H groups in total. The summed E-state index contributed by atoms with van der Waals surface area (Å²) in [5, 5.41) is 0. The fourth-order valence-corrected chi connectivity index (χ4v) is 1.20. The molecule has 0 bridgehead atoms. The van der Waals surface area contributed by atoms with E-state index in [0.717, 1.165) is 0 Å². The molecule has 0 fully saturated rings. The summed E-state index contributed by atoms with van der Waals surface area (Å²) in [7, 11) is 0. The summed E-state index contributed by atoms with van der Waals surface area (Å²) in [5.74, 6) is 0. The molecule has 2 heterocycles. The Balaban J connectivity index is 0.000000500.